The molecule has 73 valence electrons. The Balaban J connectivity index is 3.12. The van der Waals surface area contributed by atoms with Crippen LogP contribution in [0.1, 0.15) is 19.4 Å². The minimum absolute atomic E-state index is 0.289. The summed E-state index contributed by atoms with van der Waals surface area (Å²) in [7, 11) is 0. The number of hydrogen-bond acceptors (Lipinski definition) is 2. The number of amides is 2. The van der Waals surface area contributed by atoms with Gasteiger partial charge in [-0.05, 0) is 24.6 Å². The molecule has 0 N–H and O–H groups in total. The minimum atomic E-state index is -0.289. The molecular weight excluding hydrogens is 178 g/mol. The third-order valence-corrected chi connectivity index (χ3v) is 1.80. The highest BCUT2D eigenvalue weighted by Crippen LogP contribution is 2.16. The fourth-order valence-corrected chi connectivity index (χ4v) is 1.28. The van der Waals surface area contributed by atoms with Gasteiger partial charge >= 0.3 is 0 Å². The van der Waals surface area contributed by atoms with Crippen LogP contribution in [0.5, 0.6) is 0 Å². The molecule has 1 aromatic rings. The van der Waals surface area contributed by atoms with Gasteiger partial charge in [-0.2, -0.15) is 0 Å². The van der Waals surface area contributed by atoms with Gasteiger partial charge in [0.05, 0.1) is 5.69 Å². The molecule has 14 heavy (non-hydrogen) atoms. The molecule has 0 spiro atoms. The molecule has 0 heterocycles. The topological polar surface area (TPSA) is 37.4 Å². The molecule has 0 aliphatic heterocycles. The van der Waals surface area contributed by atoms with Gasteiger partial charge in [0.25, 0.3) is 0 Å². The first-order chi connectivity index (χ1) is 6.52. The monoisotopic (exact) mass is 190 g/mol. The summed E-state index contributed by atoms with van der Waals surface area (Å²) in [4.78, 5) is 23.5. The molecule has 0 fully saturated rings. The van der Waals surface area contributed by atoms with Crippen molar-refractivity contribution in [2.75, 3.05) is 4.90 Å². The Hall–Kier alpha value is -1.64. The van der Waals surface area contributed by atoms with Gasteiger partial charge in [-0.25, -0.2) is 0 Å². The second-order valence-electron chi connectivity index (χ2n) is 3.04. The zero-order chi connectivity index (χ0) is 10.7. The van der Waals surface area contributed by atoms with E-state index in [0.29, 0.717) is 5.69 Å². The average Bonchev–Trinajstić information content (AvgIpc) is 2.02. The van der Waals surface area contributed by atoms with Gasteiger partial charge in [0.1, 0.15) is 0 Å². The first-order valence-corrected chi connectivity index (χ1v) is 4.25. The largest absolute Gasteiger partial charge is 0.274 e. The molecule has 3 heteroatoms. The first kappa shape index (κ1) is 10.4. The summed E-state index contributed by atoms with van der Waals surface area (Å²) in [5, 5.41) is 0. The van der Waals surface area contributed by atoms with Crippen molar-refractivity contribution in [3.63, 3.8) is 0 Å². The molecule has 0 unspecified atom stereocenters. The zero-order valence-corrected chi connectivity index (χ0v) is 8.28. The van der Waals surface area contributed by atoms with E-state index in [4.69, 9.17) is 0 Å². The van der Waals surface area contributed by atoms with E-state index in [2.05, 4.69) is 6.92 Å². The summed E-state index contributed by atoms with van der Waals surface area (Å²) in [5.74, 6) is -0.578. The lowest BCUT2D eigenvalue weighted by atomic mass is 10.2. The van der Waals surface area contributed by atoms with E-state index < -0.39 is 0 Å². The highest BCUT2D eigenvalue weighted by Gasteiger charge is 2.15. The van der Waals surface area contributed by atoms with E-state index in [1.54, 1.807) is 18.2 Å². The Labute approximate surface area is 83.3 Å². The highest BCUT2D eigenvalue weighted by molar-refractivity contribution is 6.13. The Morgan fingerprint density at radius 1 is 1.21 bits per heavy atom. The lowest BCUT2D eigenvalue weighted by Gasteiger charge is -2.17. The Bertz CT molecular complexity index is 357. The number of anilines is 1. The molecule has 3 nitrogen and oxygen atoms in total. The molecule has 0 bridgehead atoms. The number of carbonyl (C=O) groups is 2. The van der Waals surface area contributed by atoms with E-state index in [-0.39, 0.29) is 11.8 Å². The molecule has 2 amide bonds. The third-order valence-electron chi connectivity index (χ3n) is 1.80. The van der Waals surface area contributed by atoms with Crippen molar-refractivity contribution < 1.29 is 9.59 Å². The van der Waals surface area contributed by atoms with Crippen LogP contribution in [0, 0.1) is 6.92 Å². The predicted molar refractivity (Wildman–Crippen MR) is 54.7 cm³/mol. The van der Waals surface area contributed by atoms with Crippen molar-refractivity contribution in [1.82, 2.24) is 0 Å². The second-order valence-corrected chi connectivity index (χ2v) is 3.04. The highest BCUT2D eigenvalue weighted by atomic mass is 16.2. The van der Waals surface area contributed by atoms with Gasteiger partial charge in [0, 0.05) is 13.8 Å². The van der Waals surface area contributed by atoms with Crippen LogP contribution in [0.15, 0.2) is 24.3 Å². The Morgan fingerprint density at radius 2 is 1.79 bits per heavy atom. The SMILES string of the molecule is [CH2]c1cccc(N(C(C)=O)C(C)=O)c1. The fraction of sp³-hybridized carbons (Fsp3) is 0.182. The lowest BCUT2D eigenvalue weighted by molar-refractivity contribution is -0.124. The molecule has 0 aromatic heterocycles. The molecule has 0 saturated carbocycles. The van der Waals surface area contributed by atoms with Crippen LogP contribution in [-0.4, -0.2) is 11.8 Å². The molecule has 0 atom stereocenters. The van der Waals surface area contributed by atoms with Crippen molar-refractivity contribution in [2.45, 2.75) is 13.8 Å². The molecule has 0 saturated heterocycles. The molecular formula is C11H12NO2. The minimum Gasteiger partial charge on any atom is -0.274 e. The van der Waals surface area contributed by atoms with Crippen molar-refractivity contribution in [1.29, 1.82) is 0 Å². The van der Waals surface area contributed by atoms with Gasteiger partial charge in [-0.3, -0.25) is 14.5 Å². The second kappa shape index (κ2) is 4.05. The van der Waals surface area contributed by atoms with Gasteiger partial charge < -0.3 is 0 Å². The normalized spacial score (nSPS) is 9.64. The Morgan fingerprint density at radius 3 is 2.21 bits per heavy atom. The number of hydrogen-bond donors (Lipinski definition) is 0. The average molecular weight is 190 g/mol. The van der Waals surface area contributed by atoms with E-state index >= 15 is 0 Å². The van der Waals surface area contributed by atoms with Crippen LogP contribution in [0.3, 0.4) is 0 Å². The van der Waals surface area contributed by atoms with Crippen LogP contribution in [0.2, 0.25) is 0 Å². The van der Waals surface area contributed by atoms with E-state index in [9.17, 15) is 9.59 Å². The standard InChI is InChI=1S/C11H12NO2/c1-8-5-4-6-11(7-8)12(9(2)13)10(3)14/h4-7H,1H2,2-3H3. The van der Waals surface area contributed by atoms with E-state index in [1.807, 2.05) is 6.07 Å². The molecule has 0 aliphatic carbocycles. The quantitative estimate of drug-likeness (QED) is 0.676. The van der Waals surface area contributed by atoms with Crippen molar-refractivity contribution in [2.24, 2.45) is 0 Å². The lowest BCUT2D eigenvalue weighted by Crippen LogP contribution is -2.32. The smallest absolute Gasteiger partial charge is 0.230 e. The number of carbonyl (C=O) groups excluding carboxylic acids is 2. The number of imide groups is 1. The predicted octanol–water partition coefficient (Wildman–Crippen LogP) is 1.77. The van der Waals surface area contributed by atoms with Gasteiger partial charge in [0.2, 0.25) is 11.8 Å². The van der Waals surface area contributed by atoms with Crippen LogP contribution < -0.4 is 4.90 Å². The van der Waals surface area contributed by atoms with Gasteiger partial charge in [-0.1, -0.05) is 12.1 Å². The van der Waals surface area contributed by atoms with E-state index in [1.165, 1.54) is 13.8 Å². The molecule has 1 rings (SSSR count). The van der Waals surface area contributed by atoms with Crippen molar-refractivity contribution in [3.05, 3.63) is 36.8 Å². The summed E-state index contributed by atoms with van der Waals surface area (Å²) in [6.45, 7) is 6.45. The summed E-state index contributed by atoms with van der Waals surface area (Å²) < 4.78 is 0. The van der Waals surface area contributed by atoms with Crippen LogP contribution >= 0.6 is 0 Å². The maximum atomic E-state index is 11.2. The zero-order valence-electron chi connectivity index (χ0n) is 8.28. The van der Waals surface area contributed by atoms with Crippen LogP contribution in [0.4, 0.5) is 5.69 Å². The maximum absolute atomic E-state index is 11.2. The molecule has 0 aliphatic rings. The van der Waals surface area contributed by atoms with Gasteiger partial charge in [0.15, 0.2) is 0 Å². The maximum Gasteiger partial charge on any atom is 0.230 e. The summed E-state index contributed by atoms with van der Waals surface area (Å²) in [6, 6.07) is 6.97. The third kappa shape index (κ3) is 2.19. The number of rotatable bonds is 1. The van der Waals surface area contributed by atoms with Gasteiger partial charge in [-0.15, -0.1) is 0 Å². The number of benzene rings is 1. The summed E-state index contributed by atoms with van der Waals surface area (Å²) in [5.41, 5.74) is 1.34. The van der Waals surface area contributed by atoms with Crippen LogP contribution in [0.25, 0.3) is 0 Å². The van der Waals surface area contributed by atoms with Crippen LogP contribution in [-0.2, 0) is 9.59 Å². The fourth-order valence-electron chi connectivity index (χ4n) is 1.28. The summed E-state index contributed by atoms with van der Waals surface area (Å²) in [6.07, 6.45) is 0. The Kier molecular flexibility index (Phi) is 3.02. The molecule has 1 radical (unpaired) electrons. The van der Waals surface area contributed by atoms with Crippen molar-refractivity contribution in [3.8, 4) is 0 Å². The van der Waals surface area contributed by atoms with Crippen molar-refractivity contribution >= 4 is 17.5 Å². The molecule has 1 aromatic carbocycles. The first-order valence-electron chi connectivity index (χ1n) is 4.25. The number of nitrogens with zero attached hydrogens (tertiary/aromatic N) is 1. The van der Waals surface area contributed by atoms with E-state index in [0.717, 1.165) is 10.5 Å². The summed E-state index contributed by atoms with van der Waals surface area (Å²) >= 11 is 0.